The number of amidine groups is 1. The number of nitrogens with two attached hydrogens (primary N) is 1. The molecule has 0 unspecified atom stereocenters. The van der Waals surface area contributed by atoms with Crippen LogP contribution in [0.5, 0.6) is 0 Å². The molecule has 98 valence electrons. The topological polar surface area (TPSA) is 47.6 Å². The van der Waals surface area contributed by atoms with Crippen LogP contribution in [0.15, 0.2) is 27.7 Å². The Labute approximate surface area is 110 Å². The molecule has 0 aromatic heterocycles. The van der Waals surface area contributed by atoms with E-state index in [1.807, 2.05) is 0 Å². The molecule has 0 amide bonds. The molecule has 18 heavy (non-hydrogen) atoms. The van der Waals surface area contributed by atoms with Crippen LogP contribution in [0, 0.1) is 5.82 Å². The van der Waals surface area contributed by atoms with Crippen molar-refractivity contribution >= 4 is 21.8 Å². The number of aliphatic imine (C=N–C) groups is 1. The summed E-state index contributed by atoms with van der Waals surface area (Å²) in [7, 11) is 0. The molecule has 0 radical (unpaired) electrons. The minimum absolute atomic E-state index is 0.0726. The first-order valence-corrected chi connectivity index (χ1v) is 5.92. The zero-order valence-electron chi connectivity index (χ0n) is 9.17. The second kappa shape index (κ2) is 4.89. The van der Waals surface area contributed by atoms with Crippen molar-refractivity contribution in [1.29, 1.82) is 0 Å². The number of ether oxygens (including phenoxy) is 1. The van der Waals surface area contributed by atoms with E-state index in [9.17, 15) is 13.2 Å². The molecular formula is C11H10BrF3N2O. The van der Waals surface area contributed by atoms with E-state index in [1.165, 1.54) is 12.1 Å². The lowest BCUT2D eigenvalue weighted by Crippen LogP contribution is -2.30. The smallest absolute Gasteiger partial charge is 0.297 e. The number of benzene rings is 1. The zero-order valence-corrected chi connectivity index (χ0v) is 10.8. The van der Waals surface area contributed by atoms with Crippen LogP contribution in [0.4, 0.5) is 13.2 Å². The lowest BCUT2D eigenvalue weighted by Gasteiger charge is -2.22. The van der Waals surface area contributed by atoms with E-state index < -0.39 is 24.4 Å². The van der Waals surface area contributed by atoms with Gasteiger partial charge in [-0.2, -0.15) is 0 Å². The molecule has 1 atom stereocenters. The summed E-state index contributed by atoms with van der Waals surface area (Å²) < 4.78 is 46.5. The van der Waals surface area contributed by atoms with E-state index in [4.69, 9.17) is 10.5 Å². The van der Waals surface area contributed by atoms with E-state index in [0.717, 1.165) is 6.07 Å². The summed E-state index contributed by atoms with van der Waals surface area (Å²) in [5.41, 5.74) is 5.22. The third-order valence-electron chi connectivity index (χ3n) is 2.49. The lowest BCUT2D eigenvalue weighted by atomic mass is 10.0. The Morgan fingerprint density at radius 3 is 2.89 bits per heavy atom. The minimum Gasteiger partial charge on any atom is -0.386 e. The highest BCUT2D eigenvalue weighted by atomic mass is 79.9. The Morgan fingerprint density at radius 2 is 2.17 bits per heavy atom. The number of halogens is 4. The Morgan fingerprint density at radius 1 is 1.44 bits per heavy atom. The van der Waals surface area contributed by atoms with Crippen LogP contribution >= 0.6 is 15.9 Å². The van der Waals surface area contributed by atoms with Gasteiger partial charge in [0.1, 0.15) is 30.9 Å². The minimum atomic E-state index is -3.30. The van der Waals surface area contributed by atoms with Crippen LogP contribution in [0.25, 0.3) is 0 Å². The summed E-state index contributed by atoms with van der Waals surface area (Å²) in [6.45, 7) is -1.02. The van der Waals surface area contributed by atoms with Crippen LogP contribution < -0.4 is 5.73 Å². The van der Waals surface area contributed by atoms with Gasteiger partial charge in [0.2, 0.25) is 0 Å². The predicted octanol–water partition coefficient (Wildman–Crippen LogP) is 2.65. The van der Waals surface area contributed by atoms with Crippen molar-refractivity contribution in [3.05, 3.63) is 34.1 Å². The van der Waals surface area contributed by atoms with E-state index >= 15 is 0 Å². The molecule has 1 aliphatic rings. The van der Waals surface area contributed by atoms with Gasteiger partial charge in [0.05, 0.1) is 0 Å². The summed E-state index contributed by atoms with van der Waals surface area (Å²) in [4.78, 5) is 3.66. The van der Waals surface area contributed by atoms with Crippen molar-refractivity contribution in [2.75, 3.05) is 13.2 Å². The summed E-state index contributed by atoms with van der Waals surface area (Å²) in [5, 5.41) is 0. The molecule has 0 saturated heterocycles. The van der Waals surface area contributed by atoms with Gasteiger partial charge in [-0.05, 0) is 18.2 Å². The third-order valence-corrected chi connectivity index (χ3v) is 2.99. The van der Waals surface area contributed by atoms with Crippen LogP contribution in [-0.2, 0) is 4.74 Å². The summed E-state index contributed by atoms with van der Waals surface area (Å²) >= 11 is 3.11. The van der Waals surface area contributed by atoms with Crippen LogP contribution in [0.2, 0.25) is 0 Å². The monoisotopic (exact) mass is 322 g/mol. The van der Waals surface area contributed by atoms with Gasteiger partial charge in [-0.25, -0.2) is 13.2 Å². The molecular weight excluding hydrogens is 313 g/mol. The van der Waals surface area contributed by atoms with Gasteiger partial charge >= 0.3 is 0 Å². The van der Waals surface area contributed by atoms with Crippen molar-refractivity contribution in [2.24, 2.45) is 10.7 Å². The Kier molecular flexibility index (Phi) is 3.63. The Bertz CT molecular complexity index is 493. The molecule has 1 heterocycles. The molecule has 1 aromatic rings. The zero-order chi connectivity index (χ0) is 13.3. The third kappa shape index (κ3) is 2.67. The summed E-state index contributed by atoms with van der Waals surface area (Å²) in [6.07, 6.45) is 0. The van der Waals surface area contributed by atoms with Crippen molar-refractivity contribution in [3.8, 4) is 0 Å². The molecule has 3 nitrogen and oxygen atoms in total. The molecule has 1 aromatic carbocycles. The molecule has 0 fully saturated rings. The van der Waals surface area contributed by atoms with Crippen molar-refractivity contribution in [2.45, 2.75) is 12.0 Å². The summed E-state index contributed by atoms with van der Waals surface area (Å²) in [6, 6.07) is 2.14. The van der Waals surface area contributed by atoms with Crippen molar-refractivity contribution in [3.63, 3.8) is 0 Å². The van der Waals surface area contributed by atoms with Crippen molar-refractivity contribution < 1.29 is 17.9 Å². The molecule has 1 aliphatic heterocycles. The van der Waals surface area contributed by atoms with Gasteiger partial charge in [-0.3, -0.25) is 4.99 Å². The second-order valence-electron chi connectivity index (χ2n) is 3.94. The second-order valence-corrected chi connectivity index (χ2v) is 4.86. The van der Waals surface area contributed by atoms with Gasteiger partial charge in [-0.15, -0.1) is 0 Å². The van der Waals surface area contributed by atoms with Crippen LogP contribution in [0.3, 0.4) is 0 Å². The fraction of sp³-hybridized carbons (Fsp3) is 0.364. The van der Waals surface area contributed by atoms with Gasteiger partial charge < -0.3 is 10.5 Å². The number of nitrogens with zero attached hydrogens (tertiary/aromatic N) is 1. The Hall–Kier alpha value is -1.08. The lowest BCUT2D eigenvalue weighted by molar-refractivity contribution is -0.0831. The molecule has 0 bridgehead atoms. The van der Waals surface area contributed by atoms with Gasteiger partial charge in [-0.1, -0.05) is 15.9 Å². The molecule has 0 saturated carbocycles. The van der Waals surface area contributed by atoms with Gasteiger partial charge in [0.15, 0.2) is 0 Å². The standard InChI is InChI=1S/C11H10BrF3N2O/c12-6-1-2-8(13)7(3-6)10-11(14,15)5-18-4-9(16)17-10/h1-3,10H,4-5H2,(H2,16,17)/t10-/m1/s1. The fourth-order valence-electron chi connectivity index (χ4n) is 1.69. The van der Waals surface area contributed by atoms with E-state index in [0.29, 0.717) is 4.47 Å². The molecule has 2 N–H and O–H groups in total. The highest BCUT2D eigenvalue weighted by molar-refractivity contribution is 9.10. The largest absolute Gasteiger partial charge is 0.386 e. The first kappa shape index (κ1) is 13.4. The van der Waals surface area contributed by atoms with Gasteiger partial charge in [0, 0.05) is 10.0 Å². The van der Waals surface area contributed by atoms with Gasteiger partial charge in [0.25, 0.3) is 5.92 Å². The maximum Gasteiger partial charge on any atom is 0.297 e. The van der Waals surface area contributed by atoms with E-state index in [1.54, 1.807) is 0 Å². The molecule has 7 heteroatoms. The maximum atomic E-state index is 13.8. The maximum absolute atomic E-state index is 13.8. The van der Waals surface area contributed by atoms with E-state index in [-0.39, 0.29) is 18.0 Å². The number of hydrogen-bond donors (Lipinski definition) is 1. The molecule has 0 spiro atoms. The van der Waals surface area contributed by atoms with Crippen LogP contribution in [0.1, 0.15) is 11.6 Å². The normalized spacial score (nSPS) is 23.3. The van der Waals surface area contributed by atoms with E-state index in [2.05, 4.69) is 20.9 Å². The molecule has 0 aliphatic carbocycles. The fourth-order valence-corrected chi connectivity index (χ4v) is 2.07. The summed E-state index contributed by atoms with van der Waals surface area (Å²) in [5.74, 6) is -4.12. The predicted molar refractivity (Wildman–Crippen MR) is 64.2 cm³/mol. The highest BCUT2D eigenvalue weighted by Gasteiger charge is 2.44. The average Bonchev–Trinajstić information content (AvgIpc) is 2.41. The molecule has 2 rings (SSSR count). The number of hydrogen-bond acceptors (Lipinski definition) is 3. The quantitative estimate of drug-likeness (QED) is 0.864. The number of alkyl halides is 2. The average molecular weight is 323 g/mol. The van der Waals surface area contributed by atoms with Crippen LogP contribution in [-0.4, -0.2) is 25.0 Å². The number of rotatable bonds is 1. The first-order valence-electron chi connectivity index (χ1n) is 5.13. The highest BCUT2D eigenvalue weighted by Crippen LogP contribution is 2.38. The SMILES string of the molecule is NC1=N[C@H](c2cc(Br)ccc2F)C(F)(F)COC1. The Balaban J connectivity index is 2.51. The first-order chi connectivity index (χ1) is 8.40. The van der Waals surface area contributed by atoms with Crippen molar-refractivity contribution in [1.82, 2.24) is 0 Å².